The molecule has 0 bridgehead atoms. The van der Waals surface area contributed by atoms with E-state index in [2.05, 4.69) is 25.5 Å². The van der Waals surface area contributed by atoms with E-state index >= 15 is 0 Å². The predicted octanol–water partition coefficient (Wildman–Crippen LogP) is 2.73. The molecule has 4 rings (SSSR count). The first kappa shape index (κ1) is 19.6. The molecule has 2 fully saturated rings. The van der Waals surface area contributed by atoms with Crippen molar-refractivity contribution in [1.82, 2.24) is 9.97 Å². The van der Waals surface area contributed by atoms with Gasteiger partial charge in [-0.05, 0) is 44.0 Å². The van der Waals surface area contributed by atoms with Gasteiger partial charge in [-0.15, -0.1) is 0 Å². The van der Waals surface area contributed by atoms with Crippen LogP contribution in [0.15, 0.2) is 30.3 Å². The second-order valence-corrected chi connectivity index (χ2v) is 7.37. The van der Waals surface area contributed by atoms with Crippen LogP contribution in [0.25, 0.3) is 0 Å². The van der Waals surface area contributed by atoms with Gasteiger partial charge in [0.2, 0.25) is 11.9 Å². The van der Waals surface area contributed by atoms with Gasteiger partial charge in [-0.2, -0.15) is 4.98 Å². The van der Waals surface area contributed by atoms with Crippen LogP contribution in [0.3, 0.4) is 0 Å². The van der Waals surface area contributed by atoms with Crippen molar-refractivity contribution in [2.24, 2.45) is 5.92 Å². The standard InChI is InChI=1S/C21H27N5O3/c1-15-14-19(25-21(22-15)26-8-12-29-13-9-26)23-17-2-4-18(5-3-17)24-20(27)16-6-10-28-11-7-16/h2-5,14,16H,6-13H2,1H3,(H,24,27)(H,22,23,25). The summed E-state index contributed by atoms with van der Waals surface area (Å²) < 4.78 is 10.7. The van der Waals surface area contributed by atoms with E-state index in [4.69, 9.17) is 9.47 Å². The Bertz CT molecular complexity index is 831. The second kappa shape index (κ2) is 9.19. The normalized spacial score (nSPS) is 17.8. The number of anilines is 4. The zero-order valence-corrected chi connectivity index (χ0v) is 16.7. The number of aryl methyl sites for hydroxylation is 1. The van der Waals surface area contributed by atoms with E-state index in [1.54, 1.807) is 0 Å². The van der Waals surface area contributed by atoms with Gasteiger partial charge in [-0.25, -0.2) is 4.98 Å². The maximum atomic E-state index is 12.4. The lowest BCUT2D eigenvalue weighted by atomic mass is 9.99. The Morgan fingerprint density at radius 2 is 1.66 bits per heavy atom. The van der Waals surface area contributed by atoms with Crippen molar-refractivity contribution in [3.63, 3.8) is 0 Å². The van der Waals surface area contributed by atoms with Crippen molar-refractivity contribution in [1.29, 1.82) is 0 Å². The molecule has 0 unspecified atom stereocenters. The number of benzene rings is 1. The van der Waals surface area contributed by atoms with Gasteiger partial charge in [0.25, 0.3) is 0 Å². The van der Waals surface area contributed by atoms with Gasteiger partial charge in [-0.1, -0.05) is 0 Å². The summed E-state index contributed by atoms with van der Waals surface area (Å²) in [5, 5.41) is 6.33. The van der Waals surface area contributed by atoms with Gasteiger partial charge >= 0.3 is 0 Å². The maximum Gasteiger partial charge on any atom is 0.227 e. The molecule has 1 aromatic heterocycles. The lowest BCUT2D eigenvalue weighted by molar-refractivity contribution is -0.122. The predicted molar refractivity (Wildman–Crippen MR) is 112 cm³/mol. The minimum Gasteiger partial charge on any atom is -0.381 e. The monoisotopic (exact) mass is 397 g/mol. The average Bonchev–Trinajstić information content (AvgIpc) is 2.76. The van der Waals surface area contributed by atoms with Gasteiger partial charge in [0, 0.05) is 55.4 Å². The summed E-state index contributed by atoms with van der Waals surface area (Å²) in [4.78, 5) is 23.7. The molecule has 2 N–H and O–H groups in total. The SMILES string of the molecule is Cc1cc(Nc2ccc(NC(=O)C3CCOCC3)cc2)nc(N2CCOCC2)n1. The zero-order chi connectivity index (χ0) is 20.1. The first-order chi connectivity index (χ1) is 14.2. The quantitative estimate of drug-likeness (QED) is 0.802. The molecule has 8 heteroatoms. The summed E-state index contributed by atoms with van der Waals surface area (Å²) in [6, 6.07) is 9.59. The molecule has 2 aromatic rings. The fourth-order valence-electron chi connectivity index (χ4n) is 3.51. The Morgan fingerprint density at radius 1 is 1.00 bits per heavy atom. The van der Waals surface area contributed by atoms with E-state index in [0.717, 1.165) is 54.8 Å². The van der Waals surface area contributed by atoms with Crippen molar-refractivity contribution in [3.05, 3.63) is 36.0 Å². The molecule has 0 atom stereocenters. The molecule has 8 nitrogen and oxygen atoms in total. The molecule has 0 spiro atoms. The summed E-state index contributed by atoms with van der Waals surface area (Å²) in [5.74, 6) is 1.56. The topological polar surface area (TPSA) is 88.6 Å². The number of carbonyl (C=O) groups is 1. The molecule has 0 aliphatic carbocycles. The van der Waals surface area contributed by atoms with Crippen LogP contribution >= 0.6 is 0 Å². The number of nitrogens with zero attached hydrogens (tertiary/aromatic N) is 3. The van der Waals surface area contributed by atoms with E-state index in [-0.39, 0.29) is 11.8 Å². The number of carbonyl (C=O) groups excluding carboxylic acids is 1. The smallest absolute Gasteiger partial charge is 0.227 e. The molecule has 2 aliphatic rings. The number of amides is 1. The summed E-state index contributed by atoms with van der Waals surface area (Å²) >= 11 is 0. The molecule has 154 valence electrons. The van der Waals surface area contributed by atoms with Crippen LogP contribution in [-0.2, 0) is 14.3 Å². The van der Waals surface area contributed by atoms with E-state index in [0.29, 0.717) is 26.4 Å². The number of hydrogen-bond acceptors (Lipinski definition) is 7. The highest BCUT2D eigenvalue weighted by Gasteiger charge is 2.21. The minimum absolute atomic E-state index is 0.0316. The van der Waals surface area contributed by atoms with E-state index in [9.17, 15) is 4.79 Å². The Balaban J connectivity index is 1.39. The van der Waals surface area contributed by atoms with Crippen molar-refractivity contribution in [3.8, 4) is 0 Å². The number of aromatic nitrogens is 2. The Hall–Kier alpha value is -2.71. The van der Waals surface area contributed by atoms with Crippen molar-refractivity contribution in [2.45, 2.75) is 19.8 Å². The van der Waals surface area contributed by atoms with Crippen LogP contribution in [0.5, 0.6) is 0 Å². The van der Waals surface area contributed by atoms with Gasteiger partial charge in [0.15, 0.2) is 0 Å². The second-order valence-electron chi connectivity index (χ2n) is 7.37. The first-order valence-corrected chi connectivity index (χ1v) is 10.1. The average molecular weight is 397 g/mol. The van der Waals surface area contributed by atoms with Crippen LogP contribution in [0, 0.1) is 12.8 Å². The number of nitrogens with one attached hydrogen (secondary N) is 2. The lowest BCUT2D eigenvalue weighted by Crippen LogP contribution is -2.37. The van der Waals surface area contributed by atoms with Gasteiger partial charge < -0.3 is 25.0 Å². The molecule has 3 heterocycles. The maximum absolute atomic E-state index is 12.4. The van der Waals surface area contributed by atoms with E-state index in [1.165, 1.54) is 0 Å². The highest BCUT2D eigenvalue weighted by molar-refractivity contribution is 5.92. The fourth-order valence-corrected chi connectivity index (χ4v) is 3.51. The summed E-state index contributed by atoms with van der Waals surface area (Å²) in [6.07, 6.45) is 1.56. The molecule has 1 aromatic carbocycles. The minimum atomic E-state index is 0.0316. The van der Waals surface area contributed by atoms with Gasteiger partial charge in [-0.3, -0.25) is 4.79 Å². The molecule has 0 saturated carbocycles. The zero-order valence-electron chi connectivity index (χ0n) is 16.7. The van der Waals surface area contributed by atoms with Crippen LogP contribution in [-0.4, -0.2) is 55.4 Å². The Kier molecular flexibility index (Phi) is 6.21. The molecule has 2 saturated heterocycles. The van der Waals surface area contributed by atoms with Crippen molar-refractivity contribution < 1.29 is 14.3 Å². The molecular formula is C21H27N5O3. The summed E-state index contributed by atoms with van der Waals surface area (Å²) in [5.41, 5.74) is 2.60. The fraction of sp³-hybridized carbons (Fsp3) is 0.476. The lowest BCUT2D eigenvalue weighted by Gasteiger charge is -2.27. The summed E-state index contributed by atoms with van der Waals surface area (Å²) in [7, 11) is 0. The molecule has 2 aliphatic heterocycles. The van der Waals surface area contributed by atoms with Gasteiger partial charge in [0.05, 0.1) is 13.2 Å². The molecule has 1 amide bonds. The van der Waals surface area contributed by atoms with Crippen LogP contribution in [0.4, 0.5) is 23.1 Å². The third-order valence-corrected chi connectivity index (χ3v) is 5.15. The summed E-state index contributed by atoms with van der Waals surface area (Å²) in [6.45, 7) is 6.26. The first-order valence-electron chi connectivity index (χ1n) is 10.1. The number of rotatable bonds is 5. The van der Waals surface area contributed by atoms with Crippen molar-refractivity contribution in [2.75, 3.05) is 55.1 Å². The van der Waals surface area contributed by atoms with Crippen LogP contribution < -0.4 is 15.5 Å². The molecule has 0 radical (unpaired) electrons. The third-order valence-electron chi connectivity index (χ3n) is 5.15. The highest BCUT2D eigenvalue weighted by atomic mass is 16.5. The Morgan fingerprint density at radius 3 is 2.38 bits per heavy atom. The molecule has 29 heavy (non-hydrogen) atoms. The number of hydrogen-bond donors (Lipinski definition) is 2. The third kappa shape index (κ3) is 5.21. The van der Waals surface area contributed by atoms with E-state index in [1.807, 2.05) is 37.3 Å². The van der Waals surface area contributed by atoms with Crippen LogP contribution in [0.1, 0.15) is 18.5 Å². The Labute approximate surface area is 170 Å². The van der Waals surface area contributed by atoms with Gasteiger partial charge in [0.1, 0.15) is 5.82 Å². The largest absolute Gasteiger partial charge is 0.381 e. The number of ether oxygens (including phenoxy) is 2. The highest BCUT2D eigenvalue weighted by Crippen LogP contribution is 2.22. The van der Waals surface area contributed by atoms with Crippen LogP contribution in [0.2, 0.25) is 0 Å². The molecular weight excluding hydrogens is 370 g/mol. The number of morpholine rings is 1. The van der Waals surface area contributed by atoms with Crippen molar-refractivity contribution >= 4 is 29.0 Å². The van der Waals surface area contributed by atoms with E-state index < -0.39 is 0 Å².